The maximum absolute atomic E-state index is 9.68. The lowest BCUT2D eigenvalue weighted by Crippen LogP contribution is -2.28. The van der Waals surface area contributed by atoms with Gasteiger partial charge in [-0.25, -0.2) is 0 Å². The molecule has 0 aromatic heterocycles. The van der Waals surface area contributed by atoms with Crippen LogP contribution in [0.4, 0.5) is 0 Å². The molecule has 63 heavy (non-hydrogen) atoms. The molecule has 4 aromatic carbocycles. The summed E-state index contributed by atoms with van der Waals surface area (Å²) in [6.07, 6.45) is 1.42. The molecule has 340 valence electrons. The molecule has 12 nitrogen and oxygen atoms in total. The SMILES string of the molecule is CC(C)(c1cc(C(C)(C)c2ccc(OCC3CO3)cc2OCCCO)cc(C(C)(C)c2ccc(OCC3CO3)cc2OCC2CO2)c1)c1ccc(OCC2CO2)cc1OCCCO. The second-order valence-electron chi connectivity index (χ2n) is 18.6. The number of hydrogen-bond acceptors (Lipinski definition) is 12. The molecule has 2 N–H and O–H groups in total. The Kier molecular flexibility index (Phi) is 13.8. The molecule has 0 saturated carbocycles. The summed E-state index contributed by atoms with van der Waals surface area (Å²) in [4.78, 5) is 0. The Morgan fingerprint density at radius 1 is 0.429 bits per heavy atom. The molecule has 4 unspecified atom stereocenters. The van der Waals surface area contributed by atoms with Crippen molar-refractivity contribution in [3.63, 3.8) is 0 Å². The van der Waals surface area contributed by atoms with Gasteiger partial charge in [0.05, 0.1) is 39.6 Å². The summed E-state index contributed by atoms with van der Waals surface area (Å²) in [5.41, 5.74) is 4.48. The lowest BCUT2D eigenvalue weighted by atomic mass is 9.68. The van der Waals surface area contributed by atoms with E-state index in [1.165, 1.54) is 0 Å². The summed E-state index contributed by atoms with van der Waals surface area (Å²) < 4.78 is 59.6. The van der Waals surface area contributed by atoms with Crippen LogP contribution in [0.5, 0.6) is 34.5 Å². The molecular weight excluding hydrogens is 805 g/mol. The van der Waals surface area contributed by atoms with Gasteiger partial charge in [0.1, 0.15) is 85.3 Å². The zero-order valence-corrected chi connectivity index (χ0v) is 37.6. The molecule has 4 aliphatic heterocycles. The first-order valence-corrected chi connectivity index (χ1v) is 22.4. The van der Waals surface area contributed by atoms with Gasteiger partial charge in [-0.2, -0.15) is 0 Å². The van der Waals surface area contributed by atoms with E-state index in [0.29, 0.717) is 102 Å². The maximum atomic E-state index is 9.68. The Bertz CT molecular complexity index is 2060. The van der Waals surface area contributed by atoms with Gasteiger partial charge in [-0.15, -0.1) is 0 Å². The average molecular weight is 869 g/mol. The monoisotopic (exact) mass is 868 g/mol. The van der Waals surface area contributed by atoms with Crippen LogP contribution in [0.1, 0.15) is 87.8 Å². The second kappa shape index (κ2) is 19.3. The van der Waals surface area contributed by atoms with E-state index in [0.717, 1.165) is 44.9 Å². The first kappa shape index (κ1) is 45.0. The predicted molar refractivity (Wildman–Crippen MR) is 237 cm³/mol. The Morgan fingerprint density at radius 2 is 0.714 bits per heavy atom. The summed E-state index contributed by atoms with van der Waals surface area (Å²) in [5, 5.41) is 19.4. The zero-order valence-electron chi connectivity index (χ0n) is 37.6. The Balaban J connectivity index is 1.23. The van der Waals surface area contributed by atoms with Crippen molar-refractivity contribution >= 4 is 0 Å². The summed E-state index contributed by atoms with van der Waals surface area (Å²) in [5.74, 6) is 4.27. The van der Waals surface area contributed by atoms with Crippen LogP contribution in [0.2, 0.25) is 0 Å². The minimum absolute atomic E-state index is 0.0265. The van der Waals surface area contributed by atoms with Crippen LogP contribution in [0.15, 0.2) is 72.8 Å². The smallest absolute Gasteiger partial charge is 0.127 e. The van der Waals surface area contributed by atoms with Crippen molar-refractivity contribution in [3.05, 3.63) is 106 Å². The third-order valence-electron chi connectivity index (χ3n) is 12.4. The summed E-state index contributed by atoms with van der Waals surface area (Å²) >= 11 is 0. The molecule has 12 heteroatoms. The van der Waals surface area contributed by atoms with E-state index in [9.17, 15) is 10.2 Å². The first-order valence-electron chi connectivity index (χ1n) is 22.4. The van der Waals surface area contributed by atoms with Crippen molar-refractivity contribution in [2.75, 3.05) is 79.3 Å². The van der Waals surface area contributed by atoms with E-state index in [-0.39, 0.29) is 37.6 Å². The summed E-state index contributed by atoms with van der Waals surface area (Å²) in [6, 6.07) is 25.1. The Morgan fingerprint density at radius 3 is 1.00 bits per heavy atom. The van der Waals surface area contributed by atoms with Gasteiger partial charge in [-0.3, -0.25) is 0 Å². The molecular formula is C51H64O12. The fraction of sp³-hybridized carbons (Fsp3) is 0.529. The van der Waals surface area contributed by atoms with Crippen LogP contribution in [-0.4, -0.2) is 114 Å². The van der Waals surface area contributed by atoms with Gasteiger partial charge < -0.3 is 57.6 Å². The Labute approximate surface area is 371 Å². The van der Waals surface area contributed by atoms with E-state index in [4.69, 9.17) is 47.4 Å². The number of aliphatic hydroxyl groups is 2. The molecule has 4 saturated heterocycles. The van der Waals surface area contributed by atoms with Crippen LogP contribution in [0, 0.1) is 0 Å². The molecule has 4 fully saturated rings. The average Bonchev–Trinajstić information content (AvgIpc) is 4.06. The highest BCUT2D eigenvalue weighted by Crippen LogP contribution is 2.47. The number of ether oxygens (including phenoxy) is 10. The van der Waals surface area contributed by atoms with Crippen LogP contribution in [-0.2, 0) is 35.2 Å². The Hall–Kier alpha value is -4.56. The molecule has 0 radical (unpaired) electrons. The molecule has 4 atom stereocenters. The maximum Gasteiger partial charge on any atom is 0.127 e. The standard InChI is InChI=1S/C51H64O12/c1-49(2,43-12-9-36(56-25-39-28-59-39)22-46(43)54-17-7-15-52)33-19-34(50(3,4)44-13-10-37(57-26-40-29-60-40)23-47(44)55-18-8-16-53)21-35(20-33)51(5,6)45-14-11-38(58-27-41-30-61-41)24-48(45)63-32-42-31-62-42/h9-14,19-24,39-42,52-53H,7-8,15-18,25-32H2,1-6H3. The van der Waals surface area contributed by atoms with E-state index < -0.39 is 16.2 Å². The number of rotatable bonds is 26. The molecule has 4 aromatic rings. The van der Waals surface area contributed by atoms with E-state index >= 15 is 0 Å². The second-order valence-corrected chi connectivity index (χ2v) is 18.6. The minimum Gasteiger partial charge on any atom is -0.493 e. The molecule has 4 aliphatic rings. The van der Waals surface area contributed by atoms with Gasteiger partial charge >= 0.3 is 0 Å². The van der Waals surface area contributed by atoms with Crippen molar-refractivity contribution in [2.45, 2.75) is 95.0 Å². The zero-order chi connectivity index (χ0) is 44.2. The van der Waals surface area contributed by atoms with Crippen LogP contribution < -0.4 is 28.4 Å². The predicted octanol–water partition coefficient (Wildman–Crippen LogP) is 7.30. The quantitative estimate of drug-likeness (QED) is 0.0483. The van der Waals surface area contributed by atoms with Gasteiger partial charge in [-0.1, -0.05) is 77.9 Å². The molecule has 4 heterocycles. The van der Waals surface area contributed by atoms with Gasteiger partial charge in [0.25, 0.3) is 0 Å². The van der Waals surface area contributed by atoms with Crippen molar-refractivity contribution in [2.24, 2.45) is 0 Å². The molecule has 0 spiro atoms. The van der Waals surface area contributed by atoms with Gasteiger partial charge in [0, 0.05) is 77.2 Å². The third kappa shape index (κ3) is 11.4. The van der Waals surface area contributed by atoms with Gasteiger partial charge in [0.2, 0.25) is 0 Å². The first-order chi connectivity index (χ1) is 30.3. The lowest BCUT2D eigenvalue weighted by molar-refractivity contribution is 0.229. The largest absolute Gasteiger partial charge is 0.493 e. The number of aliphatic hydroxyl groups excluding tert-OH is 2. The number of epoxide rings is 4. The highest BCUT2D eigenvalue weighted by molar-refractivity contribution is 5.57. The number of hydrogen-bond donors (Lipinski definition) is 2. The highest BCUT2D eigenvalue weighted by Gasteiger charge is 2.37. The highest BCUT2D eigenvalue weighted by atomic mass is 16.6. The third-order valence-corrected chi connectivity index (χ3v) is 12.4. The number of benzene rings is 4. The van der Waals surface area contributed by atoms with Gasteiger partial charge in [0.15, 0.2) is 0 Å². The van der Waals surface area contributed by atoms with Crippen LogP contribution in [0.3, 0.4) is 0 Å². The molecule has 0 amide bonds. The minimum atomic E-state index is -0.585. The lowest BCUT2D eigenvalue weighted by Gasteiger charge is -2.36. The van der Waals surface area contributed by atoms with Crippen molar-refractivity contribution in [1.82, 2.24) is 0 Å². The molecule has 0 aliphatic carbocycles. The van der Waals surface area contributed by atoms with Crippen molar-refractivity contribution in [1.29, 1.82) is 0 Å². The van der Waals surface area contributed by atoms with Crippen LogP contribution in [0.25, 0.3) is 0 Å². The molecule has 8 rings (SSSR count). The summed E-state index contributed by atoms with van der Waals surface area (Å²) in [6.45, 7) is 18.8. The van der Waals surface area contributed by atoms with Crippen molar-refractivity contribution < 1.29 is 57.6 Å². The fourth-order valence-corrected chi connectivity index (χ4v) is 7.76. The van der Waals surface area contributed by atoms with E-state index in [1.54, 1.807) is 0 Å². The molecule has 0 bridgehead atoms. The normalized spacial score (nSPS) is 20.2. The summed E-state index contributed by atoms with van der Waals surface area (Å²) in [7, 11) is 0. The van der Waals surface area contributed by atoms with Crippen LogP contribution >= 0.6 is 0 Å². The van der Waals surface area contributed by atoms with E-state index in [2.05, 4.69) is 77.9 Å². The van der Waals surface area contributed by atoms with E-state index in [1.807, 2.05) is 36.4 Å². The van der Waals surface area contributed by atoms with Crippen molar-refractivity contribution in [3.8, 4) is 34.5 Å². The topological polar surface area (TPSA) is 146 Å². The fourth-order valence-electron chi connectivity index (χ4n) is 7.76. The van der Waals surface area contributed by atoms with Gasteiger partial charge in [-0.05, 0) is 34.9 Å².